The van der Waals surface area contributed by atoms with E-state index in [-0.39, 0.29) is 23.9 Å². The van der Waals surface area contributed by atoms with Gasteiger partial charge >= 0.3 is 6.02 Å². The SMILES string of the molecule is O=C=CC=c1ccc(=c2nc3c(o2)=NC(Oc2ccccc2F)=NC3)cc1. The zero-order chi connectivity index (χ0) is 18.6. The molecule has 7 heteroatoms. The van der Waals surface area contributed by atoms with Gasteiger partial charge in [0.2, 0.25) is 11.1 Å². The van der Waals surface area contributed by atoms with Gasteiger partial charge < -0.3 is 9.15 Å². The molecule has 0 fully saturated rings. The molecule has 0 unspecified atom stereocenters. The monoisotopic (exact) mass is 361 g/mol. The van der Waals surface area contributed by atoms with Crippen molar-refractivity contribution < 1.29 is 18.3 Å². The first kappa shape index (κ1) is 16.6. The van der Waals surface area contributed by atoms with Crippen molar-refractivity contribution in [3.8, 4) is 5.75 Å². The normalized spacial score (nSPS) is 12.3. The minimum Gasteiger partial charge on any atom is -0.421 e. The van der Waals surface area contributed by atoms with E-state index in [1.807, 2.05) is 24.3 Å². The van der Waals surface area contributed by atoms with Crippen LogP contribution in [0.4, 0.5) is 4.39 Å². The molecule has 0 amide bonds. The topological polar surface area (TPSA) is 77.0 Å². The number of hydrogen-bond acceptors (Lipinski definition) is 6. The number of fused-ring (bicyclic) bond motifs is 1. The summed E-state index contributed by atoms with van der Waals surface area (Å²) in [6, 6.07) is 13.3. The van der Waals surface area contributed by atoms with Gasteiger partial charge in [0.05, 0.1) is 6.54 Å². The van der Waals surface area contributed by atoms with Crippen LogP contribution in [0.3, 0.4) is 0 Å². The van der Waals surface area contributed by atoms with Gasteiger partial charge in [-0.1, -0.05) is 24.3 Å². The molecule has 0 atom stereocenters. The van der Waals surface area contributed by atoms with Crippen LogP contribution in [0, 0.1) is 16.6 Å². The van der Waals surface area contributed by atoms with Crippen LogP contribution in [0.1, 0.15) is 5.69 Å². The highest BCUT2D eigenvalue weighted by molar-refractivity contribution is 5.77. The number of aromatic nitrogens is 1. The highest BCUT2D eigenvalue weighted by atomic mass is 19.1. The molecule has 6 nitrogen and oxygen atoms in total. The number of para-hydroxylation sites is 1. The Labute approximate surface area is 152 Å². The second-order valence-corrected chi connectivity index (χ2v) is 5.59. The molecule has 2 heterocycles. The van der Waals surface area contributed by atoms with Crippen molar-refractivity contribution in [2.75, 3.05) is 0 Å². The molecule has 27 heavy (non-hydrogen) atoms. The van der Waals surface area contributed by atoms with E-state index in [2.05, 4.69) is 15.0 Å². The molecule has 1 aliphatic heterocycles. The maximum absolute atomic E-state index is 13.7. The lowest BCUT2D eigenvalue weighted by atomic mass is 10.2. The second kappa shape index (κ2) is 7.19. The summed E-state index contributed by atoms with van der Waals surface area (Å²) in [6.45, 7) is 0.224. The minimum absolute atomic E-state index is 0.0147. The van der Waals surface area contributed by atoms with E-state index in [4.69, 9.17) is 9.15 Å². The van der Waals surface area contributed by atoms with Crippen LogP contribution in [0.15, 0.2) is 69.0 Å². The van der Waals surface area contributed by atoms with Crippen molar-refractivity contribution in [2.24, 2.45) is 9.98 Å². The molecule has 132 valence electrons. The average Bonchev–Trinajstić information content (AvgIpc) is 3.12. The van der Waals surface area contributed by atoms with E-state index in [0.29, 0.717) is 11.2 Å². The number of aliphatic imine (C=N–C) groups is 1. The van der Waals surface area contributed by atoms with Gasteiger partial charge in [0.15, 0.2) is 11.6 Å². The van der Waals surface area contributed by atoms with Gasteiger partial charge in [-0.15, -0.1) is 0 Å². The molecular weight excluding hydrogens is 349 g/mol. The number of nitrogens with zero attached hydrogens (tertiary/aromatic N) is 3. The molecule has 0 bridgehead atoms. The number of ether oxygens (including phenoxy) is 1. The minimum atomic E-state index is -0.499. The molecule has 2 aromatic carbocycles. The van der Waals surface area contributed by atoms with Gasteiger partial charge in [-0.25, -0.2) is 19.2 Å². The number of halogens is 1. The van der Waals surface area contributed by atoms with Crippen molar-refractivity contribution in [1.29, 1.82) is 0 Å². The third-order valence-electron chi connectivity index (χ3n) is 3.78. The number of amidine groups is 1. The van der Waals surface area contributed by atoms with Gasteiger partial charge in [0, 0.05) is 11.3 Å². The largest absolute Gasteiger partial charge is 0.421 e. The molecule has 0 spiro atoms. The number of allylic oxidation sites excluding steroid dienone is 1. The Morgan fingerprint density at radius 2 is 1.96 bits per heavy atom. The Balaban J connectivity index is 1.70. The molecule has 3 aromatic rings. The van der Waals surface area contributed by atoms with Crippen LogP contribution in [0.2, 0.25) is 0 Å². The highest BCUT2D eigenvalue weighted by Crippen LogP contribution is 2.16. The van der Waals surface area contributed by atoms with Crippen molar-refractivity contribution in [3.63, 3.8) is 0 Å². The Hall–Kier alpha value is -3.83. The predicted molar refractivity (Wildman–Crippen MR) is 94.3 cm³/mol. The van der Waals surface area contributed by atoms with E-state index >= 15 is 0 Å². The molecule has 1 aromatic heterocycles. The summed E-state index contributed by atoms with van der Waals surface area (Å²) in [5.74, 6) is 1.24. The van der Waals surface area contributed by atoms with Gasteiger partial charge in [0.25, 0.3) is 0 Å². The average molecular weight is 361 g/mol. The summed E-state index contributed by atoms with van der Waals surface area (Å²) < 4.78 is 24.8. The summed E-state index contributed by atoms with van der Waals surface area (Å²) in [5.41, 5.74) is 1.25. The molecule has 1 aliphatic rings. The summed E-state index contributed by atoms with van der Waals surface area (Å²) in [5, 5.41) is 1.61. The van der Waals surface area contributed by atoms with Gasteiger partial charge in [0.1, 0.15) is 11.6 Å². The zero-order valence-corrected chi connectivity index (χ0v) is 13.9. The molecular formula is C20H12FN3O3. The third kappa shape index (κ3) is 3.58. The van der Waals surface area contributed by atoms with Crippen molar-refractivity contribution in [1.82, 2.24) is 4.98 Å². The fourth-order valence-corrected chi connectivity index (χ4v) is 2.47. The number of benzene rings is 2. The first-order valence-electron chi connectivity index (χ1n) is 8.06. The lowest BCUT2D eigenvalue weighted by molar-refractivity contribution is 0.452. The fraction of sp³-hybridized carbons (Fsp3) is 0.0500. The maximum atomic E-state index is 13.7. The van der Waals surface area contributed by atoms with Gasteiger partial charge in [-0.05, 0) is 35.6 Å². The Bertz CT molecular complexity index is 1280. The van der Waals surface area contributed by atoms with E-state index in [1.165, 1.54) is 18.2 Å². The van der Waals surface area contributed by atoms with Crippen molar-refractivity contribution in [2.45, 2.75) is 6.54 Å². The first-order chi connectivity index (χ1) is 13.2. The van der Waals surface area contributed by atoms with Gasteiger partial charge in [-0.3, -0.25) is 0 Å². The summed E-state index contributed by atoms with van der Waals surface area (Å²) in [6.07, 6.45) is 2.94. The predicted octanol–water partition coefficient (Wildman–Crippen LogP) is 1.84. The Morgan fingerprint density at radius 1 is 1.15 bits per heavy atom. The second-order valence-electron chi connectivity index (χ2n) is 5.59. The van der Waals surface area contributed by atoms with Crippen LogP contribution in [-0.4, -0.2) is 16.9 Å². The van der Waals surface area contributed by atoms with Crippen LogP contribution in [0.5, 0.6) is 5.75 Å². The summed E-state index contributed by atoms with van der Waals surface area (Å²) in [4.78, 5) is 23.0. The molecule has 0 radical (unpaired) electrons. The number of oxazole rings is 1. The number of carbonyl (C=O) groups excluding carboxylic acids is 1. The standard InChI is InChI=1S/C20H12FN3O3/c21-15-5-1-2-6-17(15)26-20-22-12-16-19(24-20)27-18(23-16)14-9-7-13(8-10-14)4-3-11-25/h1-10H,12H2. The van der Waals surface area contributed by atoms with Crippen LogP contribution >= 0.6 is 0 Å². The van der Waals surface area contributed by atoms with Crippen LogP contribution in [0.25, 0.3) is 6.08 Å². The Morgan fingerprint density at radius 3 is 2.74 bits per heavy atom. The molecule has 0 N–H and O–H groups in total. The van der Waals surface area contributed by atoms with E-state index < -0.39 is 5.82 Å². The van der Waals surface area contributed by atoms with Crippen LogP contribution in [-0.2, 0) is 11.3 Å². The molecule has 0 saturated carbocycles. The number of hydrogen-bond donors (Lipinski definition) is 0. The lowest BCUT2D eigenvalue weighted by Gasteiger charge is -2.06. The molecule has 0 saturated heterocycles. The zero-order valence-electron chi connectivity index (χ0n) is 13.9. The fourth-order valence-electron chi connectivity index (χ4n) is 2.47. The third-order valence-corrected chi connectivity index (χ3v) is 3.78. The van der Waals surface area contributed by atoms with Crippen LogP contribution < -0.4 is 15.5 Å². The van der Waals surface area contributed by atoms with E-state index in [1.54, 1.807) is 24.2 Å². The maximum Gasteiger partial charge on any atom is 0.321 e. The smallest absolute Gasteiger partial charge is 0.321 e. The highest BCUT2D eigenvalue weighted by Gasteiger charge is 2.14. The summed E-state index contributed by atoms with van der Waals surface area (Å²) in [7, 11) is 0. The molecule has 0 aliphatic carbocycles. The quantitative estimate of drug-likeness (QED) is 0.653. The molecule has 4 rings (SSSR count). The van der Waals surface area contributed by atoms with Crippen molar-refractivity contribution >= 4 is 18.0 Å². The first-order valence-corrected chi connectivity index (χ1v) is 8.06. The lowest BCUT2D eigenvalue weighted by Crippen LogP contribution is -2.19. The van der Waals surface area contributed by atoms with E-state index in [0.717, 1.165) is 10.4 Å². The summed E-state index contributed by atoms with van der Waals surface area (Å²) >= 11 is 0. The van der Waals surface area contributed by atoms with E-state index in [9.17, 15) is 9.18 Å². The van der Waals surface area contributed by atoms with Crippen molar-refractivity contribution in [3.05, 3.63) is 87.7 Å². The Kier molecular flexibility index (Phi) is 4.43. The van der Waals surface area contributed by atoms with Gasteiger partial charge in [-0.2, -0.15) is 4.99 Å². The number of rotatable bonds is 2.